The number of nitrogens with zero attached hydrogens (tertiary/aromatic N) is 4. The Morgan fingerprint density at radius 1 is 0.302 bits per heavy atom. The number of rotatable bonds is 7. The lowest BCUT2D eigenvalue weighted by atomic mass is 9.98. The predicted octanol–water partition coefficient (Wildman–Crippen LogP) is 15.3. The molecule has 0 atom stereocenters. The molecule has 0 amide bonds. The molecule has 0 fully saturated rings. The van der Waals surface area contributed by atoms with E-state index >= 15 is 0 Å². The van der Waals surface area contributed by atoms with E-state index in [4.69, 9.17) is 9.97 Å². The molecule has 0 unspecified atom stereocenters. The van der Waals surface area contributed by atoms with Gasteiger partial charge in [-0.1, -0.05) is 181 Å². The van der Waals surface area contributed by atoms with Gasteiger partial charge in [0.2, 0.25) is 0 Å². The fourth-order valence-electron chi connectivity index (χ4n) is 9.49. The molecule has 0 radical (unpaired) electrons. The first-order valence-corrected chi connectivity index (χ1v) is 21.5. The molecule has 63 heavy (non-hydrogen) atoms. The van der Waals surface area contributed by atoms with Crippen molar-refractivity contribution in [3.05, 3.63) is 230 Å². The largest absolute Gasteiger partial charge is 0.309 e. The molecular formula is C59H40N4. The van der Waals surface area contributed by atoms with Gasteiger partial charge in [-0.25, -0.2) is 9.97 Å². The molecule has 12 rings (SSSR count). The summed E-state index contributed by atoms with van der Waals surface area (Å²) in [4.78, 5) is 10.6. The maximum absolute atomic E-state index is 5.30. The maximum Gasteiger partial charge on any atom is 0.160 e. The average molecular weight is 805 g/mol. The number of para-hydroxylation sites is 4. The number of aromatic nitrogens is 4. The first-order chi connectivity index (χ1) is 31.2. The van der Waals surface area contributed by atoms with E-state index < -0.39 is 0 Å². The van der Waals surface area contributed by atoms with Gasteiger partial charge in [0.15, 0.2) is 5.82 Å². The average Bonchev–Trinajstić information content (AvgIpc) is 3.87. The summed E-state index contributed by atoms with van der Waals surface area (Å²) in [5.41, 5.74) is 17.4. The van der Waals surface area contributed by atoms with Gasteiger partial charge in [-0.05, 0) is 66.6 Å². The van der Waals surface area contributed by atoms with Crippen molar-refractivity contribution < 1.29 is 0 Å². The molecule has 0 bridgehead atoms. The van der Waals surface area contributed by atoms with Crippen LogP contribution in [-0.4, -0.2) is 19.1 Å². The molecule has 0 N–H and O–H groups in total. The van der Waals surface area contributed by atoms with Gasteiger partial charge in [-0.15, -0.1) is 0 Å². The zero-order valence-corrected chi connectivity index (χ0v) is 34.7. The Hall–Kier alpha value is -8.34. The van der Waals surface area contributed by atoms with E-state index in [0.717, 1.165) is 61.6 Å². The molecule has 0 aliphatic rings. The van der Waals surface area contributed by atoms with Gasteiger partial charge in [0.05, 0.1) is 44.8 Å². The van der Waals surface area contributed by atoms with Crippen LogP contribution < -0.4 is 0 Å². The standard InChI is InChI=1S/C59H40N4/c1-39-17-16-22-42(35-39)43-32-34-57-50(36-43)48-26-11-15-30-56(48)63(57)58-37-44(59-60-51(40-18-4-2-5-19-40)38-52(61-59)41-20-6-3-7-21-41)31-33-49(58)47-25-10-14-29-55(47)62-53-27-12-8-23-45(53)46-24-9-13-28-54(46)62/h2-38H,1H3. The summed E-state index contributed by atoms with van der Waals surface area (Å²) >= 11 is 0. The van der Waals surface area contributed by atoms with Gasteiger partial charge in [0.25, 0.3) is 0 Å². The van der Waals surface area contributed by atoms with Gasteiger partial charge in [-0.2, -0.15) is 0 Å². The summed E-state index contributed by atoms with van der Waals surface area (Å²) in [5.74, 6) is 0.668. The van der Waals surface area contributed by atoms with E-state index in [9.17, 15) is 0 Å². The summed E-state index contributed by atoms with van der Waals surface area (Å²) in [5, 5.41) is 4.86. The van der Waals surface area contributed by atoms with Gasteiger partial charge in [-0.3, -0.25) is 0 Å². The molecule has 0 aliphatic carbocycles. The molecule has 0 spiro atoms. The maximum atomic E-state index is 5.30. The van der Waals surface area contributed by atoms with Crippen LogP contribution in [0.3, 0.4) is 0 Å². The van der Waals surface area contributed by atoms with Crippen LogP contribution >= 0.6 is 0 Å². The predicted molar refractivity (Wildman–Crippen MR) is 263 cm³/mol. The zero-order valence-electron chi connectivity index (χ0n) is 34.7. The molecule has 0 saturated carbocycles. The van der Waals surface area contributed by atoms with Crippen molar-refractivity contribution >= 4 is 43.6 Å². The fourth-order valence-corrected chi connectivity index (χ4v) is 9.49. The van der Waals surface area contributed by atoms with Crippen molar-refractivity contribution in [1.82, 2.24) is 19.1 Å². The highest BCUT2D eigenvalue weighted by atomic mass is 15.0. The highest BCUT2D eigenvalue weighted by molar-refractivity contribution is 6.12. The van der Waals surface area contributed by atoms with Crippen molar-refractivity contribution in [3.63, 3.8) is 0 Å². The number of benzene rings is 9. The second-order valence-corrected chi connectivity index (χ2v) is 16.3. The van der Waals surface area contributed by atoms with E-state index in [1.807, 2.05) is 12.1 Å². The van der Waals surface area contributed by atoms with Crippen LogP contribution in [0.2, 0.25) is 0 Å². The minimum absolute atomic E-state index is 0.668. The van der Waals surface area contributed by atoms with Crippen molar-refractivity contribution in [2.24, 2.45) is 0 Å². The third kappa shape index (κ3) is 6.23. The van der Waals surface area contributed by atoms with Gasteiger partial charge < -0.3 is 9.13 Å². The normalized spacial score (nSPS) is 11.6. The summed E-state index contributed by atoms with van der Waals surface area (Å²) in [6.45, 7) is 2.15. The van der Waals surface area contributed by atoms with Crippen molar-refractivity contribution in [2.75, 3.05) is 0 Å². The number of fused-ring (bicyclic) bond motifs is 6. The molecule has 9 aromatic carbocycles. The first kappa shape index (κ1) is 36.5. The quantitative estimate of drug-likeness (QED) is 0.161. The molecule has 3 heterocycles. The smallest absolute Gasteiger partial charge is 0.160 e. The van der Waals surface area contributed by atoms with Crippen LogP contribution in [0.25, 0.3) is 111 Å². The highest BCUT2D eigenvalue weighted by Gasteiger charge is 2.22. The second kappa shape index (κ2) is 15.0. The molecular weight excluding hydrogens is 765 g/mol. The Balaban J connectivity index is 1.15. The van der Waals surface area contributed by atoms with Gasteiger partial charge >= 0.3 is 0 Å². The Morgan fingerprint density at radius 3 is 1.41 bits per heavy atom. The number of hydrogen-bond donors (Lipinski definition) is 0. The monoisotopic (exact) mass is 804 g/mol. The third-order valence-electron chi connectivity index (χ3n) is 12.4. The molecule has 4 heteroatoms. The van der Waals surface area contributed by atoms with Crippen molar-refractivity contribution in [2.45, 2.75) is 6.92 Å². The molecule has 12 aromatic rings. The summed E-state index contributed by atoms with van der Waals surface area (Å²) in [6, 6.07) is 80.4. The second-order valence-electron chi connectivity index (χ2n) is 16.3. The van der Waals surface area contributed by atoms with Crippen LogP contribution in [0.5, 0.6) is 0 Å². The molecule has 0 saturated heterocycles. The Morgan fingerprint density at radius 2 is 0.778 bits per heavy atom. The summed E-state index contributed by atoms with van der Waals surface area (Å²) in [7, 11) is 0. The molecule has 4 nitrogen and oxygen atoms in total. The topological polar surface area (TPSA) is 35.6 Å². The zero-order chi connectivity index (χ0) is 41.9. The van der Waals surface area contributed by atoms with Gasteiger partial charge in [0, 0.05) is 49.4 Å². The number of aryl methyl sites for hydroxylation is 1. The minimum Gasteiger partial charge on any atom is -0.309 e. The Bertz CT molecular complexity index is 3580. The van der Waals surface area contributed by atoms with Crippen molar-refractivity contribution in [3.8, 4) is 67.5 Å². The molecule has 3 aromatic heterocycles. The summed E-state index contributed by atoms with van der Waals surface area (Å²) in [6.07, 6.45) is 0. The molecule has 296 valence electrons. The van der Waals surface area contributed by atoms with Crippen LogP contribution in [0.15, 0.2) is 224 Å². The lowest BCUT2D eigenvalue weighted by Crippen LogP contribution is -2.03. The van der Waals surface area contributed by atoms with Crippen LogP contribution in [-0.2, 0) is 0 Å². The lowest BCUT2D eigenvalue weighted by Gasteiger charge is -2.20. The minimum atomic E-state index is 0.668. The fraction of sp³-hybridized carbons (Fsp3) is 0.0169. The highest BCUT2D eigenvalue weighted by Crippen LogP contribution is 2.43. The van der Waals surface area contributed by atoms with E-state index in [0.29, 0.717) is 5.82 Å². The van der Waals surface area contributed by atoms with E-state index in [-0.39, 0.29) is 0 Å². The van der Waals surface area contributed by atoms with E-state index in [1.165, 1.54) is 49.3 Å². The van der Waals surface area contributed by atoms with E-state index in [1.54, 1.807) is 0 Å². The Kier molecular flexibility index (Phi) is 8.68. The lowest BCUT2D eigenvalue weighted by molar-refractivity contribution is 1.15. The molecule has 0 aliphatic heterocycles. The van der Waals surface area contributed by atoms with Crippen LogP contribution in [0.4, 0.5) is 0 Å². The number of hydrogen-bond acceptors (Lipinski definition) is 2. The van der Waals surface area contributed by atoms with Gasteiger partial charge in [0.1, 0.15) is 0 Å². The Labute approximate surface area is 365 Å². The van der Waals surface area contributed by atoms with Crippen LogP contribution in [0.1, 0.15) is 5.56 Å². The SMILES string of the molecule is Cc1cccc(-c2ccc3c(c2)c2ccccc2n3-c2cc(-c3nc(-c4ccccc4)cc(-c4ccccc4)n3)ccc2-c2ccccc2-n2c3ccccc3c3ccccc32)c1. The summed E-state index contributed by atoms with van der Waals surface area (Å²) < 4.78 is 4.88. The third-order valence-corrected chi connectivity index (χ3v) is 12.4. The first-order valence-electron chi connectivity index (χ1n) is 21.5. The van der Waals surface area contributed by atoms with E-state index in [2.05, 4.69) is 228 Å². The van der Waals surface area contributed by atoms with Crippen LogP contribution in [0, 0.1) is 6.92 Å². The van der Waals surface area contributed by atoms with Crippen molar-refractivity contribution in [1.29, 1.82) is 0 Å².